The van der Waals surface area contributed by atoms with Crippen LogP contribution in [-0.2, 0) is 0 Å². The van der Waals surface area contributed by atoms with Crippen LogP contribution in [0.2, 0.25) is 0 Å². The van der Waals surface area contributed by atoms with Crippen molar-refractivity contribution in [3.05, 3.63) is 53.9 Å². The van der Waals surface area contributed by atoms with Crippen LogP contribution in [0, 0.1) is 11.6 Å². The molecule has 0 unspecified atom stereocenters. The molecule has 0 spiro atoms. The van der Waals surface area contributed by atoms with E-state index in [1.54, 1.807) is 0 Å². The van der Waals surface area contributed by atoms with E-state index in [1.165, 1.54) is 30.6 Å². The third-order valence-corrected chi connectivity index (χ3v) is 2.63. The molecule has 4 nitrogen and oxygen atoms in total. The Morgan fingerprint density at radius 3 is 2.80 bits per heavy atom. The fourth-order valence-corrected chi connectivity index (χ4v) is 1.71. The number of amides is 1. The second-order valence-electron chi connectivity index (χ2n) is 4.01. The molecule has 104 valence electrons. The van der Waals surface area contributed by atoms with Gasteiger partial charge in [0.05, 0.1) is 23.1 Å². The fraction of sp³-hybridized carbons (Fsp3) is 0.143. The average molecular weight is 277 g/mol. The lowest BCUT2D eigenvalue weighted by atomic mass is 10.2. The Labute approximate surface area is 114 Å². The van der Waals surface area contributed by atoms with Crippen LogP contribution in [0.3, 0.4) is 0 Å². The number of rotatable bonds is 4. The summed E-state index contributed by atoms with van der Waals surface area (Å²) in [6.45, 7) is 2.49. The molecule has 2 rings (SSSR count). The van der Waals surface area contributed by atoms with E-state index in [0.29, 0.717) is 17.8 Å². The summed E-state index contributed by atoms with van der Waals surface area (Å²) in [4.78, 5) is 16.0. The minimum Gasteiger partial charge on any atom is -0.383 e. The van der Waals surface area contributed by atoms with Crippen LogP contribution >= 0.6 is 0 Å². The standard InChI is InChI=1S/C14H13F2N3O/c1-2-18-12-8-17-7-6-9(12)14(20)19-11-5-3-4-10(15)13(11)16/h3-8,18H,2H2,1H3,(H,19,20). The Kier molecular flexibility index (Phi) is 4.24. The molecule has 0 saturated carbocycles. The molecule has 2 N–H and O–H groups in total. The van der Waals surface area contributed by atoms with Crippen LogP contribution in [0.1, 0.15) is 17.3 Å². The van der Waals surface area contributed by atoms with Gasteiger partial charge in [-0.3, -0.25) is 9.78 Å². The molecule has 1 amide bonds. The summed E-state index contributed by atoms with van der Waals surface area (Å²) in [5, 5.41) is 5.32. The van der Waals surface area contributed by atoms with E-state index in [-0.39, 0.29) is 5.69 Å². The monoisotopic (exact) mass is 277 g/mol. The summed E-state index contributed by atoms with van der Waals surface area (Å²) in [6, 6.07) is 5.11. The Balaban J connectivity index is 2.26. The van der Waals surface area contributed by atoms with Crippen LogP contribution < -0.4 is 10.6 Å². The largest absolute Gasteiger partial charge is 0.383 e. The predicted molar refractivity (Wildman–Crippen MR) is 72.7 cm³/mol. The van der Waals surface area contributed by atoms with Gasteiger partial charge in [-0.2, -0.15) is 0 Å². The van der Waals surface area contributed by atoms with Gasteiger partial charge in [0, 0.05) is 12.7 Å². The van der Waals surface area contributed by atoms with Crippen molar-refractivity contribution in [1.82, 2.24) is 4.98 Å². The first kappa shape index (κ1) is 13.9. The highest BCUT2D eigenvalue weighted by atomic mass is 19.2. The quantitative estimate of drug-likeness (QED) is 0.903. The molecule has 0 radical (unpaired) electrons. The molecule has 2 aromatic rings. The van der Waals surface area contributed by atoms with Crippen molar-refractivity contribution in [2.75, 3.05) is 17.2 Å². The maximum absolute atomic E-state index is 13.5. The van der Waals surface area contributed by atoms with Gasteiger partial charge in [-0.05, 0) is 25.1 Å². The van der Waals surface area contributed by atoms with E-state index in [2.05, 4.69) is 15.6 Å². The van der Waals surface area contributed by atoms with Gasteiger partial charge >= 0.3 is 0 Å². The number of nitrogens with zero attached hydrogens (tertiary/aromatic N) is 1. The highest BCUT2D eigenvalue weighted by Gasteiger charge is 2.14. The summed E-state index contributed by atoms with van der Waals surface area (Å²) in [5.74, 6) is -2.63. The number of anilines is 2. The summed E-state index contributed by atoms with van der Waals surface area (Å²) in [6.07, 6.45) is 2.96. The number of nitrogens with one attached hydrogen (secondary N) is 2. The Morgan fingerprint density at radius 1 is 1.25 bits per heavy atom. The predicted octanol–water partition coefficient (Wildman–Crippen LogP) is 3.04. The maximum Gasteiger partial charge on any atom is 0.257 e. The third-order valence-electron chi connectivity index (χ3n) is 2.63. The van der Waals surface area contributed by atoms with E-state index in [9.17, 15) is 13.6 Å². The number of pyridine rings is 1. The number of hydrogen-bond donors (Lipinski definition) is 2. The maximum atomic E-state index is 13.5. The van der Waals surface area contributed by atoms with Crippen molar-refractivity contribution in [3.8, 4) is 0 Å². The highest BCUT2D eigenvalue weighted by Crippen LogP contribution is 2.19. The Hall–Kier alpha value is -2.50. The fourth-order valence-electron chi connectivity index (χ4n) is 1.71. The lowest BCUT2D eigenvalue weighted by Crippen LogP contribution is -2.16. The van der Waals surface area contributed by atoms with Gasteiger partial charge in [0.2, 0.25) is 0 Å². The first-order valence-electron chi connectivity index (χ1n) is 6.06. The van der Waals surface area contributed by atoms with E-state index >= 15 is 0 Å². The molecule has 1 heterocycles. The number of carbonyl (C=O) groups is 1. The first-order valence-corrected chi connectivity index (χ1v) is 6.06. The Bertz CT molecular complexity index is 632. The molecule has 6 heteroatoms. The topological polar surface area (TPSA) is 54.0 Å². The lowest BCUT2D eigenvalue weighted by molar-refractivity contribution is 0.102. The van der Waals surface area contributed by atoms with Crippen LogP contribution in [0.4, 0.5) is 20.2 Å². The highest BCUT2D eigenvalue weighted by molar-refractivity contribution is 6.07. The van der Waals surface area contributed by atoms with Crippen molar-refractivity contribution < 1.29 is 13.6 Å². The second-order valence-corrected chi connectivity index (χ2v) is 4.01. The molecule has 0 aliphatic rings. The van der Waals surface area contributed by atoms with Gasteiger partial charge in [-0.25, -0.2) is 8.78 Å². The van der Waals surface area contributed by atoms with Gasteiger partial charge in [-0.1, -0.05) is 6.07 Å². The zero-order chi connectivity index (χ0) is 14.5. The number of carbonyl (C=O) groups excluding carboxylic acids is 1. The Morgan fingerprint density at radius 2 is 2.05 bits per heavy atom. The van der Waals surface area contributed by atoms with Crippen molar-refractivity contribution in [2.45, 2.75) is 6.92 Å². The van der Waals surface area contributed by atoms with E-state index in [0.717, 1.165) is 6.07 Å². The molecule has 0 atom stereocenters. The number of halogens is 2. The zero-order valence-electron chi connectivity index (χ0n) is 10.8. The number of aromatic nitrogens is 1. The van der Waals surface area contributed by atoms with Crippen molar-refractivity contribution >= 4 is 17.3 Å². The summed E-state index contributed by atoms with van der Waals surface area (Å²) in [7, 11) is 0. The zero-order valence-corrected chi connectivity index (χ0v) is 10.8. The molecule has 1 aromatic carbocycles. The second kappa shape index (κ2) is 6.10. The third kappa shape index (κ3) is 2.90. The van der Waals surface area contributed by atoms with Crippen LogP contribution in [0.5, 0.6) is 0 Å². The molecule has 0 aliphatic heterocycles. The van der Waals surface area contributed by atoms with Gasteiger partial charge in [-0.15, -0.1) is 0 Å². The summed E-state index contributed by atoms with van der Waals surface area (Å²) < 4.78 is 26.6. The van der Waals surface area contributed by atoms with Crippen molar-refractivity contribution in [3.63, 3.8) is 0 Å². The molecule has 0 saturated heterocycles. The molecule has 0 aliphatic carbocycles. The smallest absolute Gasteiger partial charge is 0.257 e. The van der Waals surface area contributed by atoms with E-state index in [4.69, 9.17) is 0 Å². The van der Waals surface area contributed by atoms with Gasteiger partial charge in [0.1, 0.15) is 0 Å². The minimum absolute atomic E-state index is 0.200. The summed E-state index contributed by atoms with van der Waals surface area (Å²) >= 11 is 0. The summed E-state index contributed by atoms with van der Waals surface area (Å²) in [5.41, 5.74) is 0.643. The first-order chi connectivity index (χ1) is 9.63. The molecule has 0 bridgehead atoms. The van der Waals surface area contributed by atoms with E-state index in [1.807, 2.05) is 6.92 Å². The van der Waals surface area contributed by atoms with Crippen molar-refractivity contribution in [1.29, 1.82) is 0 Å². The van der Waals surface area contributed by atoms with Gasteiger partial charge in [0.25, 0.3) is 5.91 Å². The molecule has 20 heavy (non-hydrogen) atoms. The van der Waals surface area contributed by atoms with Crippen molar-refractivity contribution in [2.24, 2.45) is 0 Å². The van der Waals surface area contributed by atoms with E-state index < -0.39 is 17.5 Å². The molecular formula is C14H13F2N3O. The van der Waals surface area contributed by atoms with Crippen LogP contribution in [-0.4, -0.2) is 17.4 Å². The molecular weight excluding hydrogens is 264 g/mol. The normalized spacial score (nSPS) is 10.2. The lowest BCUT2D eigenvalue weighted by Gasteiger charge is -2.11. The molecule has 1 aromatic heterocycles. The van der Waals surface area contributed by atoms with Gasteiger partial charge in [0.15, 0.2) is 11.6 Å². The SMILES string of the molecule is CCNc1cnccc1C(=O)Nc1cccc(F)c1F. The van der Waals surface area contributed by atoms with Crippen LogP contribution in [0.15, 0.2) is 36.7 Å². The molecule has 0 fully saturated rings. The minimum atomic E-state index is -1.08. The average Bonchev–Trinajstić information content (AvgIpc) is 2.45. The number of hydrogen-bond acceptors (Lipinski definition) is 3. The van der Waals surface area contributed by atoms with Gasteiger partial charge < -0.3 is 10.6 Å². The van der Waals surface area contributed by atoms with Crippen LogP contribution in [0.25, 0.3) is 0 Å². The number of benzene rings is 1.